The van der Waals surface area contributed by atoms with E-state index in [9.17, 15) is 13.2 Å². The Morgan fingerprint density at radius 1 is 1.29 bits per heavy atom. The Morgan fingerprint density at radius 3 is 2.54 bits per heavy atom. The monoisotopic (exact) mass is 351 g/mol. The zero-order chi connectivity index (χ0) is 17.5. The molecule has 3 heterocycles. The normalized spacial score (nSPS) is 17.3. The highest BCUT2D eigenvalue weighted by molar-refractivity contribution is 7.88. The maximum atomic E-state index is 12.2. The number of carbonyl (C=O) groups is 1. The molecule has 0 saturated carbocycles. The molecule has 24 heavy (non-hydrogen) atoms. The van der Waals surface area contributed by atoms with Crippen LogP contribution in [0.3, 0.4) is 0 Å². The van der Waals surface area contributed by atoms with Gasteiger partial charge in [-0.3, -0.25) is 4.79 Å². The fourth-order valence-electron chi connectivity index (χ4n) is 3.09. The van der Waals surface area contributed by atoms with Gasteiger partial charge in [0.15, 0.2) is 5.65 Å². The first-order valence-electron chi connectivity index (χ1n) is 7.78. The van der Waals surface area contributed by atoms with E-state index >= 15 is 0 Å². The number of carbonyl (C=O) groups excluding carboxylic acids is 1. The molecule has 0 unspecified atom stereocenters. The van der Waals surface area contributed by atoms with Crippen LogP contribution in [0, 0.1) is 0 Å². The molecule has 0 aliphatic carbocycles. The highest BCUT2D eigenvalue weighted by atomic mass is 32.2. The SMILES string of the molecule is CN(C)C(=O)c1cnn2c(C3CCN(S(C)(=O)=O)CC3)ccnc12. The summed E-state index contributed by atoms with van der Waals surface area (Å²) in [5, 5.41) is 4.34. The molecule has 1 aliphatic heterocycles. The molecule has 0 atom stereocenters. The molecule has 2 aromatic heterocycles. The van der Waals surface area contributed by atoms with Gasteiger partial charge in [0, 0.05) is 45.0 Å². The van der Waals surface area contributed by atoms with Crippen molar-refractivity contribution in [1.82, 2.24) is 23.8 Å². The highest BCUT2D eigenvalue weighted by Gasteiger charge is 2.28. The van der Waals surface area contributed by atoms with Gasteiger partial charge < -0.3 is 4.90 Å². The third kappa shape index (κ3) is 3.01. The van der Waals surface area contributed by atoms with Crippen LogP contribution in [0.5, 0.6) is 0 Å². The van der Waals surface area contributed by atoms with E-state index in [2.05, 4.69) is 10.1 Å². The van der Waals surface area contributed by atoms with E-state index in [1.165, 1.54) is 15.5 Å². The molecule has 1 amide bonds. The molecule has 1 saturated heterocycles. The zero-order valence-electron chi connectivity index (χ0n) is 14.0. The minimum absolute atomic E-state index is 0.137. The van der Waals surface area contributed by atoms with Crippen LogP contribution in [-0.4, -0.2) is 71.6 Å². The number of amides is 1. The van der Waals surface area contributed by atoms with Crippen LogP contribution in [0.15, 0.2) is 18.5 Å². The fraction of sp³-hybridized carbons (Fsp3) is 0.533. The Balaban J connectivity index is 1.91. The van der Waals surface area contributed by atoms with Gasteiger partial charge in [-0.15, -0.1) is 0 Å². The summed E-state index contributed by atoms with van der Waals surface area (Å²) in [6.45, 7) is 0.996. The first-order chi connectivity index (χ1) is 11.3. The molecule has 0 spiro atoms. The second-order valence-corrected chi connectivity index (χ2v) is 8.28. The molecule has 0 radical (unpaired) electrons. The predicted octanol–water partition coefficient (Wildman–Crippen LogP) is 0.570. The van der Waals surface area contributed by atoms with Crippen LogP contribution in [0.4, 0.5) is 0 Å². The van der Waals surface area contributed by atoms with Gasteiger partial charge in [-0.2, -0.15) is 5.10 Å². The summed E-state index contributed by atoms with van der Waals surface area (Å²) in [7, 11) is 0.240. The number of sulfonamides is 1. The number of piperidine rings is 1. The number of aromatic nitrogens is 3. The zero-order valence-corrected chi connectivity index (χ0v) is 14.8. The summed E-state index contributed by atoms with van der Waals surface area (Å²) >= 11 is 0. The summed E-state index contributed by atoms with van der Waals surface area (Å²) in [4.78, 5) is 18.0. The van der Waals surface area contributed by atoms with Crippen molar-refractivity contribution in [3.05, 3.63) is 29.7 Å². The van der Waals surface area contributed by atoms with Gasteiger partial charge in [0.2, 0.25) is 10.0 Å². The number of nitrogens with zero attached hydrogens (tertiary/aromatic N) is 5. The lowest BCUT2D eigenvalue weighted by atomic mass is 9.94. The Bertz CT molecular complexity index is 866. The third-order valence-electron chi connectivity index (χ3n) is 4.41. The first-order valence-corrected chi connectivity index (χ1v) is 9.63. The van der Waals surface area contributed by atoms with E-state index in [4.69, 9.17) is 0 Å². The maximum Gasteiger partial charge on any atom is 0.258 e. The highest BCUT2D eigenvalue weighted by Crippen LogP contribution is 2.29. The molecule has 9 heteroatoms. The summed E-state index contributed by atoms with van der Waals surface area (Å²) in [6, 6.07) is 1.89. The summed E-state index contributed by atoms with van der Waals surface area (Å²) < 4.78 is 26.5. The van der Waals surface area contributed by atoms with Gasteiger partial charge in [0.05, 0.1) is 12.5 Å². The lowest BCUT2D eigenvalue weighted by Crippen LogP contribution is -2.37. The van der Waals surface area contributed by atoms with Crippen molar-refractivity contribution in [2.75, 3.05) is 33.4 Å². The maximum absolute atomic E-state index is 12.2. The summed E-state index contributed by atoms with van der Waals surface area (Å²) in [5.41, 5.74) is 1.97. The van der Waals surface area contributed by atoms with Gasteiger partial charge in [-0.05, 0) is 18.9 Å². The Labute approximate surface area is 141 Å². The van der Waals surface area contributed by atoms with E-state index in [1.54, 1.807) is 31.0 Å². The molecule has 1 fully saturated rings. The molecular formula is C15H21N5O3S. The predicted molar refractivity (Wildman–Crippen MR) is 89.4 cm³/mol. The smallest absolute Gasteiger partial charge is 0.258 e. The number of fused-ring (bicyclic) bond motifs is 1. The molecule has 8 nitrogen and oxygen atoms in total. The van der Waals surface area contributed by atoms with E-state index in [0.29, 0.717) is 24.3 Å². The Morgan fingerprint density at radius 2 is 1.96 bits per heavy atom. The van der Waals surface area contributed by atoms with Crippen molar-refractivity contribution in [2.24, 2.45) is 0 Å². The van der Waals surface area contributed by atoms with Crippen LogP contribution in [0.2, 0.25) is 0 Å². The molecule has 0 bridgehead atoms. The lowest BCUT2D eigenvalue weighted by molar-refractivity contribution is 0.0829. The largest absolute Gasteiger partial charge is 0.345 e. The minimum atomic E-state index is -3.14. The Hall–Kier alpha value is -2.00. The molecular weight excluding hydrogens is 330 g/mol. The summed E-state index contributed by atoms with van der Waals surface area (Å²) in [6.07, 6.45) is 5.91. The van der Waals surface area contributed by atoms with Crippen molar-refractivity contribution in [3.63, 3.8) is 0 Å². The molecule has 1 aliphatic rings. The topological polar surface area (TPSA) is 87.9 Å². The minimum Gasteiger partial charge on any atom is -0.345 e. The van der Waals surface area contributed by atoms with Crippen LogP contribution < -0.4 is 0 Å². The molecule has 0 N–H and O–H groups in total. The first kappa shape index (κ1) is 16.8. The third-order valence-corrected chi connectivity index (χ3v) is 5.71. The second kappa shape index (κ2) is 6.14. The molecule has 3 rings (SSSR count). The van der Waals surface area contributed by atoms with Crippen LogP contribution in [0.1, 0.15) is 34.8 Å². The number of hydrogen-bond donors (Lipinski definition) is 0. The van der Waals surface area contributed by atoms with Crippen LogP contribution in [0.25, 0.3) is 5.65 Å². The standard InChI is InChI=1S/C15H21N5O3S/c1-18(2)15(21)12-10-17-20-13(4-7-16-14(12)20)11-5-8-19(9-6-11)24(3,22)23/h4,7,10-11H,5-6,8-9H2,1-3H3. The van der Waals surface area contributed by atoms with Gasteiger partial charge in [-0.25, -0.2) is 22.2 Å². The molecule has 0 aromatic carbocycles. The average Bonchev–Trinajstić information content (AvgIpc) is 2.97. The van der Waals surface area contributed by atoms with Crippen LogP contribution in [-0.2, 0) is 10.0 Å². The second-order valence-electron chi connectivity index (χ2n) is 6.30. The Kier molecular flexibility index (Phi) is 4.31. The average molecular weight is 351 g/mol. The van der Waals surface area contributed by atoms with Gasteiger partial charge in [-0.1, -0.05) is 0 Å². The van der Waals surface area contributed by atoms with Crippen molar-refractivity contribution >= 4 is 21.6 Å². The summed E-state index contributed by atoms with van der Waals surface area (Å²) in [5.74, 6) is 0.0530. The van der Waals surface area contributed by atoms with Crippen molar-refractivity contribution in [3.8, 4) is 0 Å². The van der Waals surface area contributed by atoms with Gasteiger partial charge in [0.1, 0.15) is 5.56 Å². The van der Waals surface area contributed by atoms with E-state index in [-0.39, 0.29) is 11.8 Å². The lowest BCUT2D eigenvalue weighted by Gasteiger charge is -2.30. The molecule has 130 valence electrons. The van der Waals surface area contributed by atoms with Crippen molar-refractivity contribution in [1.29, 1.82) is 0 Å². The number of rotatable bonds is 3. The van der Waals surface area contributed by atoms with Crippen molar-refractivity contribution in [2.45, 2.75) is 18.8 Å². The van der Waals surface area contributed by atoms with Gasteiger partial charge >= 0.3 is 0 Å². The van der Waals surface area contributed by atoms with E-state index in [1.807, 2.05) is 6.07 Å². The van der Waals surface area contributed by atoms with E-state index in [0.717, 1.165) is 18.5 Å². The van der Waals surface area contributed by atoms with Gasteiger partial charge in [0.25, 0.3) is 5.91 Å². The quantitative estimate of drug-likeness (QED) is 0.807. The van der Waals surface area contributed by atoms with Crippen LogP contribution >= 0.6 is 0 Å². The number of hydrogen-bond acceptors (Lipinski definition) is 5. The molecule has 2 aromatic rings. The van der Waals surface area contributed by atoms with E-state index < -0.39 is 10.0 Å². The fourth-order valence-corrected chi connectivity index (χ4v) is 3.97. The van der Waals surface area contributed by atoms with Crippen molar-refractivity contribution < 1.29 is 13.2 Å².